The Morgan fingerprint density at radius 3 is 1.65 bits per heavy atom. The predicted molar refractivity (Wildman–Crippen MR) is 215 cm³/mol. The number of benzene rings is 8. The molecule has 0 radical (unpaired) electrons. The number of nitrogens with zero attached hydrogens (tertiary/aromatic N) is 3. The molecule has 238 valence electrons. The molecular formula is C47H29N3S. The highest BCUT2D eigenvalue weighted by Gasteiger charge is 2.18. The van der Waals surface area contributed by atoms with Gasteiger partial charge in [0.1, 0.15) is 0 Å². The number of rotatable bonds is 5. The van der Waals surface area contributed by atoms with E-state index in [4.69, 9.17) is 15.0 Å². The zero-order valence-corrected chi connectivity index (χ0v) is 28.3. The molecule has 0 saturated carbocycles. The highest BCUT2D eigenvalue weighted by atomic mass is 32.1. The van der Waals surface area contributed by atoms with Crippen LogP contribution < -0.4 is 0 Å². The molecule has 0 aliphatic heterocycles. The minimum absolute atomic E-state index is 0.646. The minimum atomic E-state index is 0.646. The molecule has 0 saturated heterocycles. The van der Waals surface area contributed by atoms with Crippen molar-refractivity contribution in [3.05, 3.63) is 176 Å². The Morgan fingerprint density at radius 1 is 0.294 bits per heavy atom. The third-order valence-corrected chi connectivity index (χ3v) is 10.9. The van der Waals surface area contributed by atoms with Crippen molar-refractivity contribution < 1.29 is 0 Å². The van der Waals surface area contributed by atoms with Crippen molar-refractivity contribution in [3.8, 4) is 56.4 Å². The van der Waals surface area contributed by atoms with Crippen LogP contribution in [-0.2, 0) is 0 Å². The van der Waals surface area contributed by atoms with Crippen molar-refractivity contribution in [1.29, 1.82) is 0 Å². The molecule has 0 bridgehead atoms. The molecule has 8 aromatic carbocycles. The number of fused-ring (bicyclic) bond motifs is 5. The van der Waals surface area contributed by atoms with Crippen LogP contribution in [0.4, 0.5) is 0 Å². The number of thiophene rings is 1. The summed E-state index contributed by atoms with van der Waals surface area (Å²) in [6, 6.07) is 62.2. The Hall–Kier alpha value is -6.49. The van der Waals surface area contributed by atoms with Gasteiger partial charge in [0.15, 0.2) is 17.5 Å². The lowest BCUT2D eigenvalue weighted by molar-refractivity contribution is 1.08. The van der Waals surface area contributed by atoms with E-state index in [0.717, 1.165) is 49.4 Å². The van der Waals surface area contributed by atoms with Gasteiger partial charge in [0, 0.05) is 36.9 Å². The van der Waals surface area contributed by atoms with Crippen LogP contribution in [0.5, 0.6) is 0 Å². The van der Waals surface area contributed by atoms with Gasteiger partial charge >= 0.3 is 0 Å². The van der Waals surface area contributed by atoms with Gasteiger partial charge in [-0.2, -0.15) is 0 Å². The largest absolute Gasteiger partial charge is 0.208 e. The van der Waals surface area contributed by atoms with E-state index < -0.39 is 0 Å². The van der Waals surface area contributed by atoms with Crippen LogP contribution in [0.2, 0.25) is 0 Å². The molecule has 0 unspecified atom stereocenters. The zero-order valence-electron chi connectivity index (χ0n) is 27.5. The molecule has 0 amide bonds. The van der Waals surface area contributed by atoms with Gasteiger partial charge in [0.05, 0.1) is 0 Å². The van der Waals surface area contributed by atoms with E-state index in [0.29, 0.717) is 17.5 Å². The quantitative estimate of drug-likeness (QED) is 0.183. The summed E-state index contributed by atoms with van der Waals surface area (Å²) in [5.74, 6) is 1.94. The molecular weight excluding hydrogens is 639 g/mol. The maximum Gasteiger partial charge on any atom is 0.164 e. The molecule has 2 aromatic heterocycles. The monoisotopic (exact) mass is 667 g/mol. The topological polar surface area (TPSA) is 38.7 Å². The molecule has 0 aliphatic rings. The molecule has 2 heterocycles. The second-order valence-corrected chi connectivity index (χ2v) is 13.9. The highest BCUT2D eigenvalue weighted by Crippen LogP contribution is 2.40. The summed E-state index contributed by atoms with van der Waals surface area (Å²) >= 11 is 1.85. The van der Waals surface area contributed by atoms with Crippen LogP contribution in [0.3, 0.4) is 0 Å². The second-order valence-electron chi connectivity index (χ2n) is 12.8. The van der Waals surface area contributed by atoms with Crippen LogP contribution in [0.25, 0.3) is 98.1 Å². The first-order valence-corrected chi connectivity index (χ1v) is 17.9. The molecule has 0 fully saturated rings. The molecule has 4 heteroatoms. The minimum Gasteiger partial charge on any atom is -0.208 e. The molecule has 3 nitrogen and oxygen atoms in total. The fourth-order valence-corrected chi connectivity index (χ4v) is 8.35. The van der Waals surface area contributed by atoms with Crippen LogP contribution in [0.1, 0.15) is 0 Å². The summed E-state index contributed by atoms with van der Waals surface area (Å²) in [7, 11) is 0. The number of hydrogen-bond acceptors (Lipinski definition) is 4. The van der Waals surface area contributed by atoms with Crippen LogP contribution in [0, 0.1) is 0 Å². The SMILES string of the molecule is c1ccc(-c2cc(-c3nc(-c4ccccc4)nc(-c4ccc(-c5ccc6sc7ccccc7c6c5)c5ccccc45)n3)c3ccccc3c2)cc1. The smallest absolute Gasteiger partial charge is 0.164 e. The molecule has 0 atom stereocenters. The van der Waals surface area contributed by atoms with Crippen LogP contribution in [0.15, 0.2) is 176 Å². The Bertz CT molecular complexity index is 2910. The second kappa shape index (κ2) is 12.1. The van der Waals surface area contributed by atoms with E-state index in [9.17, 15) is 0 Å². The first kappa shape index (κ1) is 29.4. The maximum absolute atomic E-state index is 5.28. The lowest BCUT2D eigenvalue weighted by Gasteiger charge is -2.14. The van der Waals surface area contributed by atoms with Crippen molar-refractivity contribution in [2.24, 2.45) is 0 Å². The van der Waals surface area contributed by atoms with Gasteiger partial charge in [0.2, 0.25) is 0 Å². The third kappa shape index (κ3) is 5.16. The fraction of sp³-hybridized carbons (Fsp3) is 0. The van der Waals surface area contributed by atoms with Crippen molar-refractivity contribution in [2.45, 2.75) is 0 Å². The highest BCUT2D eigenvalue weighted by molar-refractivity contribution is 7.25. The van der Waals surface area contributed by atoms with E-state index in [2.05, 4.69) is 152 Å². The summed E-state index contributed by atoms with van der Waals surface area (Å²) < 4.78 is 2.61. The zero-order chi connectivity index (χ0) is 33.7. The fourth-order valence-electron chi connectivity index (χ4n) is 7.27. The van der Waals surface area contributed by atoms with Crippen molar-refractivity contribution >= 4 is 53.1 Å². The first-order chi connectivity index (χ1) is 25.3. The van der Waals surface area contributed by atoms with Crippen molar-refractivity contribution in [3.63, 3.8) is 0 Å². The lowest BCUT2D eigenvalue weighted by Crippen LogP contribution is -2.01. The predicted octanol–water partition coefficient (Wildman–Crippen LogP) is 12.9. The molecule has 0 N–H and O–H groups in total. The molecule has 10 aromatic rings. The Kier molecular flexibility index (Phi) is 7.00. The summed E-state index contributed by atoms with van der Waals surface area (Å²) in [5, 5.41) is 7.10. The Morgan fingerprint density at radius 2 is 0.863 bits per heavy atom. The summed E-state index contributed by atoms with van der Waals surface area (Å²) in [6.45, 7) is 0. The number of hydrogen-bond donors (Lipinski definition) is 0. The average Bonchev–Trinajstić information content (AvgIpc) is 3.58. The number of aromatic nitrogens is 3. The van der Waals surface area contributed by atoms with Crippen LogP contribution in [-0.4, -0.2) is 15.0 Å². The summed E-state index contributed by atoms with van der Waals surface area (Å²) in [6.07, 6.45) is 0. The van der Waals surface area contributed by atoms with E-state index >= 15 is 0 Å². The Balaban J connectivity index is 1.19. The van der Waals surface area contributed by atoms with E-state index in [1.54, 1.807) is 0 Å². The molecule has 51 heavy (non-hydrogen) atoms. The van der Waals surface area contributed by atoms with Gasteiger partial charge in [-0.25, -0.2) is 15.0 Å². The standard InChI is InChI=1S/C47H29N3S/c1-3-13-30(14-4-1)34-27-32-17-7-8-18-35(32)42(29-34)47-49-45(31-15-5-2-6-16-31)48-46(50-47)40-25-24-36(37-19-9-10-20-38(37)40)33-23-26-44-41(28-33)39-21-11-12-22-43(39)51-44/h1-29H. The molecule has 0 spiro atoms. The van der Waals surface area contributed by atoms with Gasteiger partial charge in [-0.05, 0) is 80.2 Å². The van der Waals surface area contributed by atoms with E-state index in [1.165, 1.54) is 31.3 Å². The average molecular weight is 668 g/mol. The third-order valence-electron chi connectivity index (χ3n) is 9.73. The van der Waals surface area contributed by atoms with Gasteiger partial charge in [-0.15, -0.1) is 11.3 Å². The molecule has 0 aliphatic carbocycles. The Labute approximate surface area is 299 Å². The van der Waals surface area contributed by atoms with Crippen LogP contribution >= 0.6 is 11.3 Å². The molecule has 10 rings (SSSR count). The summed E-state index contributed by atoms with van der Waals surface area (Å²) in [4.78, 5) is 15.6. The maximum atomic E-state index is 5.28. The lowest BCUT2D eigenvalue weighted by atomic mass is 9.93. The normalized spacial score (nSPS) is 11.5. The van der Waals surface area contributed by atoms with Gasteiger partial charge < -0.3 is 0 Å². The van der Waals surface area contributed by atoms with Gasteiger partial charge in [0.25, 0.3) is 0 Å². The van der Waals surface area contributed by atoms with E-state index in [1.807, 2.05) is 35.6 Å². The van der Waals surface area contributed by atoms with Gasteiger partial charge in [-0.1, -0.05) is 140 Å². The van der Waals surface area contributed by atoms with Gasteiger partial charge in [-0.3, -0.25) is 0 Å². The summed E-state index contributed by atoms with van der Waals surface area (Å²) in [5.41, 5.74) is 7.55. The van der Waals surface area contributed by atoms with Crippen molar-refractivity contribution in [1.82, 2.24) is 15.0 Å². The van der Waals surface area contributed by atoms with Crippen molar-refractivity contribution in [2.75, 3.05) is 0 Å². The van der Waals surface area contributed by atoms with E-state index in [-0.39, 0.29) is 0 Å². The first-order valence-electron chi connectivity index (χ1n) is 17.1.